The monoisotopic (exact) mass is 381 g/mol. The van der Waals surface area contributed by atoms with Gasteiger partial charge < -0.3 is 15.0 Å². The van der Waals surface area contributed by atoms with Crippen molar-refractivity contribution in [2.45, 2.75) is 26.9 Å². The molecule has 1 aliphatic heterocycles. The Kier molecular flexibility index (Phi) is 6.87. The third-order valence-corrected chi connectivity index (χ3v) is 5.30. The minimum Gasteiger partial charge on any atom is -0.496 e. The van der Waals surface area contributed by atoms with Crippen molar-refractivity contribution in [2.75, 3.05) is 40.3 Å². The zero-order valence-corrected chi connectivity index (χ0v) is 17.4. The Morgan fingerprint density at radius 2 is 1.86 bits per heavy atom. The maximum atomic E-state index is 5.51. The number of hydrogen-bond acceptors (Lipinski definition) is 4. The van der Waals surface area contributed by atoms with Crippen LogP contribution in [-0.2, 0) is 13.1 Å². The summed E-state index contributed by atoms with van der Waals surface area (Å²) < 4.78 is 5.51. The fraction of sp³-hybridized carbons (Fsp3) is 0.455. The Morgan fingerprint density at radius 3 is 2.50 bits per heavy atom. The summed E-state index contributed by atoms with van der Waals surface area (Å²) in [5.41, 5.74) is 4.50. The molecule has 28 heavy (non-hydrogen) atoms. The number of hydrogen-bond donors (Lipinski definition) is 1. The molecule has 1 N–H and O–H groups in total. The van der Waals surface area contributed by atoms with Gasteiger partial charge in [0.2, 0.25) is 0 Å². The molecule has 3 rings (SSSR count). The lowest BCUT2D eigenvalue weighted by molar-refractivity contribution is 0.172. The Hall–Kier alpha value is -2.60. The predicted molar refractivity (Wildman–Crippen MR) is 114 cm³/mol. The summed E-state index contributed by atoms with van der Waals surface area (Å²) in [6, 6.07) is 10.7. The summed E-state index contributed by atoms with van der Waals surface area (Å²) in [6.07, 6.45) is 1.87. The van der Waals surface area contributed by atoms with Crippen LogP contribution >= 0.6 is 0 Å². The molecule has 2 heterocycles. The molecule has 0 radical (unpaired) electrons. The van der Waals surface area contributed by atoms with E-state index in [-0.39, 0.29) is 0 Å². The summed E-state index contributed by atoms with van der Waals surface area (Å²) in [6.45, 7) is 9.72. The summed E-state index contributed by atoms with van der Waals surface area (Å²) in [4.78, 5) is 13.9. The van der Waals surface area contributed by atoms with Crippen molar-refractivity contribution in [3.63, 3.8) is 0 Å². The van der Waals surface area contributed by atoms with Crippen molar-refractivity contribution in [3.8, 4) is 5.75 Å². The third-order valence-electron chi connectivity index (χ3n) is 5.30. The summed E-state index contributed by atoms with van der Waals surface area (Å²) in [5.74, 6) is 1.84. The molecule has 1 aromatic heterocycles. The average molecular weight is 382 g/mol. The van der Waals surface area contributed by atoms with E-state index in [1.807, 2.05) is 20.2 Å². The normalized spacial score (nSPS) is 15.6. The largest absolute Gasteiger partial charge is 0.496 e. The molecule has 0 unspecified atom stereocenters. The van der Waals surface area contributed by atoms with Gasteiger partial charge in [-0.15, -0.1) is 0 Å². The van der Waals surface area contributed by atoms with Crippen LogP contribution in [0.4, 0.5) is 0 Å². The van der Waals surface area contributed by atoms with E-state index in [0.29, 0.717) is 6.54 Å². The van der Waals surface area contributed by atoms with E-state index in [4.69, 9.17) is 4.74 Å². The topological polar surface area (TPSA) is 53.0 Å². The van der Waals surface area contributed by atoms with Gasteiger partial charge in [-0.05, 0) is 19.4 Å². The first-order valence-corrected chi connectivity index (χ1v) is 9.83. The highest BCUT2D eigenvalue weighted by Gasteiger charge is 2.20. The van der Waals surface area contributed by atoms with E-state index in [2.05, 4.69) is 62.3 Å². The number of pyridine rings is 1. The number of aromatic nitrogens is 1. The Morgan fingerprint density at radius 1 is 1.14 bits per heavy atom. The van der Waals surface area contributed by atoms with Crippen LogP contribution in [0.3, 0.4) is 0 Å². The fourth-order valence-corrected chi connectivity index (χ4v) is 3.70. The van der Waals surface area contributed by atoms with Crippen molar-refractivity contribution in [1.82, 2.24) is 20.1 Å². The molecule has 0 aliphatic carbocycles. The predicted octanol–water partition coefficient (Wildman–Crippen LogP) is 2.60. The van der Waals surface area contributed by atoms with Crippen molar-refractivity contribution in [2.24, 2.45) is 4.99 Å². The smallest absolute Gasteiger partial charge is 0.194 e. The van der Waals surface area contributed by atoms with Crippen LogP contribution in [0.25, 0.3) is 0 Å². The van der Waals surface area contributed by atoms with Gasteiger partial charge in [0.05, 0.1) is 19.3 Å². The third kappa shape index (κ3) is 4.81. The first-order chi connectivity index (χ1) is 13.6. The van der Waals surface area contributed by atoms with Crippen molar-refractivity contribution < 1.29 is 4.74 Å². The first-order valence-electron chi connectivity index (χ1n) is 9.83. The van der Waals surface area contributed by atoms with Gasteiger partial charge in [-0.1, -0.05) is 30.3 Å². The SMILES string of the molecule is CN=C(NCc1ncc(C)c(OC)c1C)N1CCN(Cc2ccccc2)CC1. The molecule has 0 amide bonds. The number of ether oxygens (including phenoxy) is 1. The van der Waals surface area contributed by atoms with Crippen LogP contribution in [0.1, 0.15) is 22.4 Å². The second-order valence-electron chi connectivity index (χ2n) is 7.20. The molecular formula is C22H31N5O. The van der Waals surface area contributed by atoms with Crippen LogP contribution in [0.5, 0.6) is 5.75 Å². The number of benzene rings is 1. The molecule has 1 aliphatic rings. The Bertz CT molecular complexity index is 798. The number of piperazine rings is 1. The highest BCUT2D eigenvalue weighted by atomic mass is 16.5. The van der Waals surface area contributed by atoms with Crippen LogP contribution in [0, 0.1) is 13.8 Å². The molecule has 0 spiro atoms. The second kappa shape index (κ2) is 9.55. The van der Waals surface area contributed by atoms with Gasteiger partial charge in [0.1, 0.15) is 5.75 Å². The van der Waals surface area contributed by atoms with E-state index < -0.39 is 0 Å². The van der Waals surface area contributed by atoms with Gasteiger partial charge in [-0.2, -0.15) is 0 Å². The van der Waals surface area contributed by atoms with E-state index >= 15 is 0 Å². The van der Waals surface area contributed by atoms with E-state index in [0.717, 1.165) is 61.3 Å². The lowest BCUT2D eigenvalue weighted by Crippen LogP contribution is -2.52. The zero-order valence-electron chi connectivity index (χ0n) is 17.4. The molecular weight excluding hydrogens is 350 g/mol. The van der Waals surface area contributed by atoms with Gasteiger partial charge in [0.15, 0.2) is 5.96 Å². The van der Waals surface area contributed by atoms with Crippen molar-refractivity contribution >= 4 is 5.96 Å². The van der Waals surface area contributed by atoms with Crippen LogP contribution in [0.2, 0.25) is 0 Å². The van der Waals surface area contributed by atoms with Gasteiger partial charge >= 0.3 is 0 Å². The fourth-order valence-electron chi connectivity index (χ4n) is 3.70. The standard InChI is InChI=1S/C22H31N5O/c1-17-14-24-20(18(2)21(17)28-4)15-25-22(23-3)27-12-10-26(11-13-27)16-19-8-6-5-7-9-19/h5-9,14H,10-13,15-16H2,1-4H3,(H,23,25). The highest BCUT2D eigenvalue weighted by Crippen LogP contribution is 2.23. The van der Waals surface area contributed by atoms with Gasteiger partial charge in [-0.25, -0.2) is 0 Å². The van der Waals surface area contributed by atoms with E-state index in [1.54, 1.807) is 7.11 Å². The summed E-state index contributed by atoms with van der Waals surface area (Å²) in [5, 5.41) is 3.47. The van der Waals surface area contributed by atoms with Gasteiger partial charge in [0, 0.05) is 57.1 Å². The molecule has 0 bridgehead atoms. The highest BCUT2D eigenvalue weighted by molar-refractivity contribution is 5.80. The molecule has 0 saturated carbocycles. The molecule has 6 nitrogen and oxygen atoms in total. The quantitative estimate of drug-likeness (QED) is 0.637. The minimum absolute atomic E-state index is 0.638. The number of aliphatic imine (C=N–C) groups is 1. The number of methoxy groups -OCH3 is 1. The lowest BCUT2D eigenvalue weighted by Gasteiger charge is -2.36. The van der Waals surface area contributed by atoms with Gasteiger partial charge in [0.25, 0.3) is 0 Å². The number of rotatable bonds is 5. The van der Waals surface area contributed by atoms with Crippen LogP contribution < -0.4 is 10.1 Å². The maximum absolute atomic E-state index is 5.51. The Balaban J connectivity index is 1.54. The first kappa shape index (κ1) is 20.1. The van der Waals surface area contributed by atoms with E-state index in [9.17, 15) is 0 Å². The number of guanidine groups is 1. The molecule has 2 aromatic rings. The number of nitrogens with one attached hydrogen (secondary N) is 1. The molecule has 6 heteroatoms. The molecule has 1 fully saturated rings. The molecule has 150 valence electrons. The maximum Gasteiger partial charge on any atom is 0.194 e. The summed E-state index contributed by atoms with van der Waals surface area (Å²) in [7, 11) is 3.55. The van der Waals surface area contributed by atoms with E-state index in [1.165, 1.54) is 5.56 Å². The van der Waals surface area contributed by atoms with Crippen molar-refractivity contribution in [3.05, 3.63) is 58.9 Å². The average Bonchev–Trinajstić information content (AvgIpc) is 2.72. The zero-order chi connectivity index (χ0) is 19.9. The minimum atomic E-state index is 0.638. The molecule has 1 aromatic carbocycles. The van der Waals surface area contributed by atoms with Crippen LogP contribution in [0.15, 0.2) is 41.5 Å². The van der Waals surface area contributed by atoms with Gasteiger partial charge in [-0.3, -0.25) is 14.9 Å². The molecule has 1 saturated heterocycles. The van der Waals surface area contributed by atoms with Crippen LogP contribution in [-0.4, -0.2) is 61.1 Å². The number of aryl methyl sites for hydroxylation is 1. The Labute approximate surface area is 168 Å². The summed E-state index contributed by atoms with van der Waals surface area (Å²) >= 11 is 0. The van der Waals surface area contributed by atoms with Crippen molar-refractivity contribution in [1.29, 1.82) is 0 Å². The lowest BCUT2D eigenvalue weighted by atomic mass is 10.1. The number of nitrogens with zero attached hydrogens (tertiary/aromatic N) is 4. The second-order valence-corrected chi connectivity index (χ2v) is 7.20. The molecule has 0 atom stereocenters.